The van der Waals surface area contributed by atoms with Gasteiger partial charge in [0, 0.05) is 6.42 Å². The van der Waals surface area contributed by atoms with Gasteiger partial charge in [0.1, 0.15) is 18.3 Å². The molecule has 0 radical (unpaired) electrons. The van der Waals surface area contributed by atoms with Crippen molar-refractivity contribution in [1.82, 2.24) is 39.0 Å². The molecule has 4 aromatic rings. The quantitative estimate of drug-likeness (QED) is 0.147. The summed E-state index contributed by atoms with van der Waals surface area (Å²) < 4.78 is 79.3. The van der Waals surface area contributed by atoms with Crippen molar-refractivity contribution in [3.63, 3.8) is 0 Å². The Bertz CT molecular complexity index is 1970. The number of nitrogens with zero attached hydrogens (tertiary/aromatic N) is 6. The lowest BCUT2D eigenvalue weighted by molar-refractivity contribution is -0.0561. The molecule has 0 aromatic carbocycles. The summed E-state index contributed by atoms with van der Waals surface area (Å²) in [6, 6.07) is 0. The first-order chi connectivity index (χ1) is 20.9. The van der Waals surface area contributed by atoms with Crippen LogP contribution in [0, 0.1) is 0 Å². The zero-order chi connectivity index (χ0) is 31.0. The number of ether oxygens (including phenoxy) is 2. The molecule has 4 N–H and O–H groups in total. The Morgan fingerprint density at radius 1 is 0.909 bits per heavy atom. The zero-order valence-corrected chi connectivity index (χ0v) is 25.5. The van der Waals surface area contributed by atoms with Crippen molar-refractivity contribution in [1.29, 1.82) is 0 Å². The van der Waals surface area contributed by atoms with Gasteiger partial charge in [-0.25, -0.2) is 28.5 Å². The molecule has 3 fully saturated rings. The molecule has 24 heteroatoms. The molecule has 3 aliphatic rings. The Morgan fingerprint density at radius 3 is 2.36 bits per heavy atom. The summed E-state index contributed by atoms with van der Waals surface area (Å²) in [5.41, 5.74) is 4.50. The number of alkyl halides is 1. The fourth-order valence-corrected chi connectivity index (χ4v) is 8.24. The highest BCUT2D eigenvalue weighted by Crippen LogP contribution is 2.60. The number of hydrogen-bond donors (Lipinski definition) is 5. The second kappa shape index (κ2) is 11.0. The van der Waals surface area contributed by atoms with E-state index >= 15 is 4.39 Å². The molecule has 7 rings (SSSR count). The SMILES string of the molecule is Nc1nc2c(ncn2[C@@H]2O[C@@H]3COP(=O)(S)O[C@H]4[C@H](F)[C@H](n5cnc6c(=O)[nH]cnc65)O[C@@H]4COP(=O)(S)O[C@@H]2C3)c(=O)[nH]1. The number of H-pyrrole nitrogens is 2. The highest BCUT2D eigenvalue weighted by molar-refractivity contribution is 8.44. The number of aromatic amines is 2. The molecule has 0 amide bonds. The monoisotopic (exact) mass is 693 g/mol. The number of rotatable bonds is 2. The highest BCUT2D eigenvalue weighted by atomic mass is 32.7. The predicted octanol–water partition coefficient (Wildman–Crippen LogP) is 1.25. The van der Waals surface area contributed by atoms with Gasteiger partial charge in [-0.2, -0.15) is 4.98 Å². The van der Waals surface area contributed by atoms with Crippen LogP contribution in [0.25, 0.3) is 22.3 Å². The lowest BCUT2D eigenvalue weighted by atomic mass is 10.1. The largest absolute Gasteiger partial charge is 0.386 e. The van der Waals surface area contributed by atoms with E-state index in [0.29, 0.717) is 0 Å². The fourth-order valence-electron chi connectivity index (χ4n) is 5.25. The third kappa shape index (κ3) is 5.42. The van der Waals surface area contributed by atoms with E-state index in [-0.39, 0.29) is 41.3 Å². The van der Waals surface area contributed by atoms with Crippen molar-refractivity contribution < 1.29 is 41.1 Å². The van der Waals surface area contributed by atoms with E-state index in [9.17, 15) is 18.7 Å². The Labute approximate surface area is 254 Å². The van der Waals surface area contributed by atoms with E-state index in [1.165, 1.54) is 10.9 Å². The third-order valence-corrected chi connectivity index (χ3v) is 10.4. The van der Waals surface area contributed by atoms with Gasteiger partial charge in [0.15, 0.2) is 41.0 Å². The standard InChI is InChI=1S/C20H22FN9O10P2S2/c21-10-13-9(38-19(10)29-5-25-11-14(29)23-4-24-16(11)31)3-36-41(33,43)39-8-1-7(2-35-42(34,44)40-13)37-18(8)30-6-26-12-15(30)27-20(22)28-17(12)32/h4-10,13,18-19H,1-3H2,(H,33,43)(H,34,44)(H,23,24,31)(H3,22,27,28,32)/t7-,8+,9+,10-,13+,18+,19+,41?,42?/m0/s1. The van der Waals surface area contributed by atoms with Crippen molar-refractivity contribution in [3.8, 4) is 0 Å². The summed E-state index contributed by atoms with van der Waals surface area (Å²) in [7, 11) is 0. The third-order valence-electron chi connectivity index (χ3n) is 7.13. The second-order valence-electron chi connectivity index (χ2n) is 9.97. The van der Waals surface area contributed by atoms with Crippen LogP contribution in [0.2, 0.25) is 0 Å². The molecule has 44 heavy (non-hydrogen) atoms. The number of nitrogens with one attached hydrogen (secondary N) is 2. The summed E-state index contributed by atoms with van der Waals surface area (Å²) in [5, 5.41) is 0. The van der Waals surface area contributed by atoms with Crippen LogP contribution in [-0.4, -0.2) is 82.8 Å². The maximum Gasteiger partial charge on any atom is 0.386 e. The van der Waals surface area contributed by atoms with Gasteiger partial charge in [0.05, 0.1) is 38.3 Å². The summed E-state index contributed by atoms with van der Waals surface area (Å²) in [5.74, 6) is -0.181. The van der Waals surface area contributed by atoms with Crippen molar-refractivity contribution in [3.05, 3.63) is 39.7 Å². The van der Waals surface area contributed by atoms with E-state index in [1.807, 2.05) is 0 Å². The number of aromatic nitrogens is 8. The lowest BCUT2D eigenvalue weighted by Crippen LogP contribution is -2.33. The molecule has 0 spiro atoms. The van der Waals surface area contributed by atoms with E-state index < -0.39 is 74.4 Å². The Balaban J connectivity index is 1.19. The molecule has 9 atom stereocenters. The normalized spacial score (nSPS) is 36.6. The molecule has 0 saturated carbocycles. The maximum atomic E-state index is 15.9. The van der Waals surface area contributed by atoms with E-state index in [1.54, 1.807) is 0 Å². The number of hydrogen-bond acceptors (Lipinski definition) is 15. The van der Waals surface area contributed by atoms with Gasteiger partial charge in [-0.15, -0.1) is 0 Å². The van der Waals surface area contributed by atoms with Gasteiger partial charge in [-0.1, -0.05) is 24.5 Å². The topological polar surface area (TPSA) is 243 Å². The van der Waals surface area contributed by atoms with Gasteiger partial charge >= 0.3 is 13.6 Å². The van der Waals surface area contributed by atoms with Gasteiger partial charge in [0.25, 0.3) is 11.1 Å². The molecule has 2 unspecified atom stereocenters. The summed E-state index contributed by atoms with van der Waals surface area (Å²) in [6.07, 6.45) is -5.92. The molecular formula is C20H22FN9O10P2S2. The highest BCUT2D eigenvalue weighted by Gasteiger charge is 2.52. The first kappa shape index (κ1) is 30.0. The summed E-state index contributed by atoms with van der Waals surface area (Å²) in [6.45, 7) is -9.53. The summed E-state index contributed by atoms with van der Waals surface area (Å²) in [4.78, 5) is 45.3. The molecule has 7 heterocycles. The molecule has 236 valence electrons. The van der Waals surface area contributed by atoms with Crippen molar-refractivity contribution in [2.24, 2.45) is 0 Å². The maximum absolute atomic E-state index is 15.9. The van der Waals surface area contributed by atoms with Gasteiger partial charge < -0.3 is 20.2 Å². The smallest absolute Gasteiger partial charge is 0.369 e. The fraction of sp³-hybridized carbons (Fsp3) is 0.500. The Hall–Kier alpha value is -2.65. The minimum absolute atomic E-state index is 0.00894. The van der Waals surface area contributed by atoms with Crippen molar-refractivity contribution in [2.45, 2.75) is 49.5 Å². The van der Waals surface area contributed by atoms with Crippen molar-refractivity contribution >= 4 is 66.4 Å². The van der Waals surface area contributed by atoms with Crippen LogP contribution < -0.4 is 16.9 Å². The van der Waals surface area contributed by atoms with E-state index in [4.69, 9.17) is 33.3 Å². The molecule has 2 bridgehead atoms. The Kier molecular flexibility index (Phi) is 7.51. The summed E-state index contributed by atoms with van der Waals surface area (Å²) >= 11 is 8.12. The lowest BCUT2D eigenvalue weighted by Gasteiger charge is -2.26. The minimum Gasteiger partial charge on any atom is -0.369 e. The van der Waals surface area contributed by atoms with Crippen LogP contribution >= 0.6 is 38.1 Å². The number of fused-ring (bicyclic) bond motifs is 5. The average Bonchev–Trinajstić information content (AvgIpc) is 3.72. The number of thiol groups is 2. The number of anilines is 1. The molecule has 0 aliphatic carbocycles. The molecular weight excluding hydrogens is 671 g/mol. The molecule has 3 aliphatic heterocycles. The van der Waals surface area contributed by atoms with Crippen LogP contribution in [0.1, 0.15) is 18.9 Å². The van der Waals surface area contributed by atoms with Gasteiger partial charge in [-0.05, 0) is 0 Å². The zero-order valence-electron chi connectivity index (χ0n) is 21.9. The van der Waals surface area contributed by atoms with Crippen molar-refractivity contribution in [2.75, 3.05) is 18.9 Å². The minimum atomic E-state index is -4.29. The van der Waals surface area contributed by atoms with Crippen LogP contribution in [0.5, 0.6) is 0 Å². The van der Waals surface area contributed by atoms with Crippen LogP contribution in [0.4, 0.5) is 10.3 Å². The van der Waals surface area contributed by atoms with E-state index in [2.05, 4.69) is 54.4 Å². The van der Waals surface area contributed by atoms with Crippen LogP contribution in [0.15, 0.2) is 28.6 Å². The average molecular weight is 694 g/mol. The number of imidazole rings is 2. The van der Waals surface area contributed by atoms with E-state index in [0.717, 1.165) is 17.2 Å². The molecule has 19 nitrogen and oxygen atoms in total. The predicted molar refractivity (Wildman–Crippen MR) is 153 cm³/mol. The first-order valence-corrected chi connectivity index (χ1v) is 18.2. The Morgan fingerprint density at radius 2 is 1.59 bits per heavy atom. The van der Waals surface area contributed by atoms with Gasteiger partial charge in [0.2, 0.25) is 5.95 Å². The number of halogens is 1. The second-order valence-corrected chi connectivity index (χ2v) is 15.7. The van der Waals surface area contributed by atoms with Gasteiger partial charge in [-0.3, -0.25) is 41.8 Å². The molecule has 3 saturated heterocycles. The molecule has 4 aromatic heterocycles. The number of nitrogen functional groups attached to an aromatic ring is 1. The van der Waals surface area contributed by atoms with Crippen LogP contribution in [0.3, 0.4) is 0 Å². The first-order valence-electron chi connectivity index (χ1n) is 12.8. The number of nitrogens with two attached hydrogens (primary N) is 1. The van der Waals surface area contributed by atoms with Crippen LogP contribution in [-0.2, 0) is 36.7 Å².